The standard InChI is InChI=1S/C24H33N7O3/c1-5-34-12-11-31-21-20(19(29-31)15(2)3)27-24(30-10-6-7-17(14-30)23(32)33)28-22(21)26-18-9-8-16(4)13-25-18/h8-9,13,15,17H,5-7,10-12,14H2,1-4H3,(H,32,33)(H,25,26,27,28)/t17-/m0/s1. The van der Waals surface area contributed by atoms with E-state index in [1.54, 1.807) is 6.20 Å². The van der Waals surface area contributed by atoms with Gasteiger partial charge in [-0.1, -0.05) is 19.9 Å². The van der Waals surface area contributed by atoms with Gasteiger partial charge in [0.05, 0.1) is 24.8 Å². The van der Waals surface area contributed by atoms with Crippen molar-refractivity contribution in [2.45, 2.75) is 53.0 Å². The van der Waals surface area contributed by atoms with Crippen molar-refractivity contribution in [1.82, 2.24) is 24.7 Å². The Labute approximate surface area is 199 Å². The highest BCUT2D eigenvalue weighted by atomic mass is 16.5. The number of aromatic nitrogens is 5. The van der Waals surface area contributed by atoms with Gasteiger partial charge in [0.2, 0.25) is 5.95 Å². The highest BCUT2D eigenvalue weighted by Gasteiger charge is 2.29. The molecule has 0 amide bonds. The van der Waals surface area contributed by atoms with Gasteiger partial charge < -0.3 is 20.1 Å². The van der Waals surface area contributed by atoms with Crippen LogP contribution in [0.15, 0.2) is 18.3 Å². The van der Waals surface area contributed by atoms with Crippen molar-refractivity contribution in [3.05, 3.63) is 29.6 Å². The topological polar surface area (TPSA) is 118 Å². The van der Waals surface area contributed by atoms with Crippen molar-refractivity contribution in [3.8, 4) is 0 Å². The van der Waals surface area contributed by atoms with Crippen molar-refractivity contribution in [1.29, 1.82) is 0 Å². The van der Waals surface area contributed by atoms with Crippen molar-refractivity contribution in [3.63, 3.8) is 0 Å². The van der Waals surface area contributed by atoms with Gasteiger partial charge in [0.25, 0.3) is 0 Å². The van der Waals surface area contributed by atoms with Gasteiger partial charge in [-0.05, 0) is 44.2 Å². The third-order valence-corrected chi connectivity index (χ3v) is 6.01. The molecule has 34 heavy (non-hydrogen) atoms. The molecule has 0 spiro atoms. The summed E-state index contributed by atoms with van der Waals surface area (Å²) >= 11 is 0. The number of carbonyl (C=O) groups is 1. The molecule has 1 fully saturated rings. The number of hydrogen-bond acceptors (Lipinski definition) is 8. The molecule has 0 aromatic carbocycles. The fourth-order valence-corrected chi connectivity index (χ4v) is 4.19. The number of carboxylic acid groups (broad SMARTS) is 1. The molecule has 10 heteroatoms. The Balaban J connectivity index is 1.82. The Morgan fingerprint density at radius 3 is 2.82 bits per heavy atom. The largest absolute Gasteiger partial charge is 0.481 e. The molecule has 4 rings (SSSR count). The van der Waals surface area contributed by atoms with E-state index >= 15 is 0 Å². The number of aryl methyl sites for hydroxylation is 1. The lowest BCUT2D eigenvalue weighted by Gasteiger charge is -2.31. The van der Waals surface area contributed by atoms with Crippen LogP contribution < -0.4 is 10.2 Å². The number of ether oxygens (including phenoxy) is 1. The first-order valence-corrected chi connectivity index (χ1v) is 11.9. The van der Waals surface area contributed by atoms with Crippen LogP contribution in [0.3, 0.4) is 0 Å². The summed E-state index contributed by atoms with van der Waals surface area (Å²) in [6.45, 7) is 11.0. The van der Waals surface area contributed by atoms with Gasteiger partial charge in [-0.15, -0.1) is 0 Å². The fourth-order valence-electron chi connectivity index (χ4n) is 4.19. The first-order valence-electron chi connectivity index (χ1n) is 11.9. The SMILES string of the molecule is CCOCCn1nc(C(C)C)c2nc(N3CCC[C@H](C(=O)O)C3)nc(Nc3ccc(C)cn3)c21. The van der Waals surface area contributed by atoms with E-state index in [-0.39, 0.29) is 5.92 Å². The van der Waals surface area contributed by atoms with E-state index in [9.17, 15) is 9.90 Å². The van der Waals surface area contributed by atoms with E-state index in [1.165, 1.54) is 0 Å². The minimum Gasteiger partial charge on any atom is -0.481 e. The second-order valence-electron chi connectivity index (χ2n) is 9.00. The maximum absolute atomic E-state index is 11.6. The normalized spacial score (nSPS) is 16.4. The van der Waals surface area contributed by atoms with E-state index in [2.05, 4.69) is 24.1 Å². The number of pyridine rings is 1. The Morgan fingerprint density at radius 2 is 2.15 bits per heavy atom. The maximum atomic E-state index is 11.6. The second-order valence-corrected chi connectivity index (χ2v) is 9.00. The number of piperidine rings is 1. The average molecular weight is 468 g/mol. The van der Waals surface area contributed by atoms with E-state index in [4.69, 9.17) is 19.8 Å². The fraction of sp³-hybridized carbons (Fsp3) is 0.542. The minimum atomic E-state index is -0.778. The maximum Gasteiger partial charge on any atom is 0.308 e. The summed E-state index contributed by atoms with van der Waals surface area (Å²) in [5, 5.41) is 17.8. The first-order chi connectivity index (χ1) is 16.4. The van der Waals surface area contributed by atoms with Crippen molar-refractivity contribution >= 4 is 34.6 Å². The Kier molecular flexibility index (Phi) is 7.26. The van der Waals surface area contributed by atoms with Crippen LogP contribution in [0.4, 0.5) is 17.6 Å². The molecule has 10 nitrogen and oxygen atoms in total. The quantitative estimate of drug-likeness (QED) is 0.454. The summed E-state index contributed by atoms with van der Waals surface area (Å²) in [7, 11) is 0. The number of anilines is 3. The molecular formula is C24H33N7O3. The molecule has 2 N–H and O–H groups in total. The molecule has 1 aliphatic heterocycles. The second kappa shape index (κ2) is 10.3. The zero-order valence-corrected chi connectivity index (χ0v) is 20.3. The lowest BCUT2D eigenvalue weighted by molar-refractivity contribution is -0.141. The molecule has 4 heterocycles. The molecule has 0 radical (unpaired) electrons. The van der Waals surface area contributed by atoms with E-state index in [0.717, 1.165) is 28.7 Å². The minimum absolute atomic E-state index is 0.150. The molecule has 182 valence electrons. The highest BCUT2D eigenvalue weighted by molar-refractivity contribution is 5.90. The van der Waals surface area contributed by atoms with Gasteiger partial charge in [-0.25, -0.2) is 9.97 Å². The van der Waals surface area contributed by atoms with Gasteiger partial charge in [-0.2, -0.15) is 10.1 Å². The Morgan fingerprint density at radius 1 is 1.32 bits per heavy atom. The predicted octanol–water partition coefficient (Wildman–Crippen LogP) is 3.73. The average Bonchev–Trinajstić information content (AvgIpc) is 3.20. The van der Waals surface area contributed by atoms with Crippen LogP contribution in [-0.4, -0.2) is 62.1 Å². The van der Waals surface area contributed by atoms with Crippen molar-refractivity contribution < 1.29 is 14.6 Å². The van der Waals surface area contributed by atoms with Gasteiger partial charge in [0.15, 0.2) is 5.82 Å². The number of fused-ring (bicyclic) bond motifs is 1. The zero-order chi connectivity index (χ0) is 24.2. The van der Waals surface area contributed by atoms with Crippen LogP contribution in [-0.2, 0) is 16.1 Å². The molecule has 0 saturated carbocycles. The van der Waals surface area contributed by atoms with Crippen LogP contribution >= 0.6 is 0 Å². The van der Waals surface area contributed by atoms with Crippen LogP contribution in [0.5, 0.6) is 0 Å². The van der Waals surface area contributed by atoms with Gasteiger partial charge in [-0.3, -0.25) is 9.48 Å². The first kappa shape index (κ1) is 23.9. The molecule has 0 unspecified atom stereocenters. The molecule has 3 aromatic heterocycles. The van der Waals surface area contributed by atoms with Crippen LogP contribution in [0.25, 0.3) is 11.0 Å². The predicted molar refractivity (Wildman–Crippen MR) is 131 cm³/mol. The Bertz CT molecular complexity index is 1140. The highest BCUT2D eigenvalue weighted by Crippen LogP contribution is 2.32. The summed E-state index contributed by atoms with van der Waals surface area (Å²) in [5.74, 6) is 0.727. The van der Waals surface area contributed by atoms with Crippen LogP contribution in [0.2, 0.25) is 0 Å². The summed E-state index contributed by atoms with van der Waals surface area (Å²) in [6, 6.07) is 3.90. The van der Waals surface area contributed by atoms with Crippen molar-refractivity contribution in [2.75, 3.05) is 36.5 Å². The molecule has 1 saturated heterocycles. The number of nitrogens with one attached hydrogen (secondary N) is 1. The summed E-state index contributed by atoms with van der Waals surface area (Å²) in [5.41, 5.74) is 3.50. The molecular weight excluding hydrogens is 434 g/mol. The molecule has 1 atom stereocenters. The molecule has 0 aliphatic carbocycles. The van der Waals surface area contributed by atoms with Crippen molar-refractivity contribution in [2.24, 2.45) is 5.92 Å². The van der Waals surface area contributed by atoms with Crippen LogP contribution in [0.1, 0.15) is 50.8 Å². The monoisotopic (exact) mass is 467 g/mol. The number of carboxylic acids is 1. The lowest BCUT2D eigenvalue weighted by atomic mass is 9.99. The van der Waals surface area contributed by atoms with Gasteiger partial charge >= 0.3 is 5.97 Å². The van der Waals surface area contributed by atoms with Gasteiger partial charge in [0, 0.05) is 25.9 Å². The van der Waals surface area contributed by atoms with E-state index < -0.39 is 11.9 Å². The smallest absolute Gasteiger partial charge is 0.308 e. The molecule has 1 aliphatic rings. The third-order valence-electron chi connectivity index (χ3n) is 6.01. The number of nitrogens with zero attached hydrogens (tertiary/aromatic N) is 6. The lowest BCUT2D eigenvalue weighted by Crippen LogP contribution is -2.39. The zero-order valence-electron chi connectivity index (χ0n) is 20.3. The van der Waals surface area contributed by atoms with Gasteiger partial charge in [0.1, 0.15) is 16.9 Å². The summed E-state index contributed by atoms with van der Waals surface area (Å²) < 4.78 is 7.48. The number of hydrogen-bond donors (Lipinski definition) is 2. The van der Waals surface area contributed by atoms with E-state index in [0.29, 0.717) is 56.9 Å². The summed E-state index contributed by atoms with van der Waals surface area (Å²) in [6.07, 6.45) is 3.25. The number of rotatable bonds is 9. The third kappa shape index (κ3) is 5.11. The Hall–Kier alpha value is -3.27. The summed E-state index contributed by atoms with van der Waals surface area (Å²) in [4.78, 5) is 27.9. The number of aliphatic carboxylic acids is 1. The molecule has 0 bridgehead atoms. The molecule has 3 aromatic rings. The van der Waals surface area contributed by atoms with E-state index in [1.807, 2.05) is 35.6 Å². The van der Waals surface area contributed by atoms with Crippen LogP contribution in [0, 0.1) is 12.8 Å².